The van der Waals surface area contributed by atoms with Crippen molar-refractivity contribution in [2.75, 3.05) is 19.8 Å². The molecule has 13 N–H and O–H groups in total. The van der Waals surface area contributed by atoms with Crippen molar-refractivity contribution >= 4 is 7.82 Å². The Labute approximate surface area is 272 Å². The van der Waals surface area contributed by atoms with Crippen LogP contribution < -0.4 is 15.1 Å². The minimum atomic E-state index is -5.47. The van der Waals surface area contributed by atoms with Gasteiger partial charge >= 0.3 is 0 Å². The zero-order valence-electron chi connectivity index (χ0n) is 25.2. The van der Waals surface area contributed by atoms with Gasteiger partial charge in [0.05, 0.1) is 45.8 Å². The predicted octanol–water partition coefficient (Wildman–Crippen LogP) is -9.71. The van der Waals surface area contributed by atoms with Gasteiger partial charge in [0.25, 0.3) is 0 Å². The second-order valence-corrected chi connectivity index (χ2v) is 13.1. The molecular weight excluding hydrogens is 681 g/mol. The molecule has 1 aliphatic carbocycles. The maximum atomic E-state index is 11.0. The van der Waals surface area contributed by atoms with E-state index in [9.17, 15) is 75.6 Å². The molecule has 3 heterocycles. The molecule has 1 unspecified atom stereocenters. The van der Waals surface area contributed by atoms with Gasteiger partial charge in [-0.05, 0) is 12.5 Å². The lowest BCUT2D eigenvalue weighted by atomic mass is 9.86. The van der Waals surface area contributed by atoms with E-state index in [1.54, 1.807) is 0 Å². The highest BCUT2D eigenvalue weighted by atomic mass is 31.2. The summed E-state index contributed by atoms with van der Waals surface area (Å²) in [7, 11) is -5.47. The molecule has 22 nitrogen and oxygen atoms in total. The van der Waals surface area contributed by atoms with Gasteiger partial charge in [0.2, 0.25) is 0 Å². The average molecular weight is 724 g/mol. The lowest BCUT2D eigenvalue weighted by Gasteiger charge is -2.48. The summed E-state index contributed by atoms with van der Waals surface area (Å²) in [5.74, 6) is 0. The van der Waals surface area contributed by atoms with E-state index in [1.807, 2.05) is 0 Å². The molecule has 0 radical (unpaired) electrons. The first-order valence-corrected chi connectivity index (χ1v) is 16.3. The Morgan fingerprint density at radius 3 is 1.81 bits per heavy atom. The molecule has 0 spiro atoms. The smallest absolute Gasteiger partial charge is 0.187 e. The summed E-state index contributed by atoms with van der Waals surface area (Å²) in [4.78, 5) is 21.8. The zero-order valence-corrected chi connectivity index (χ0v) is 26.1. The molecule has 0 aromatic carbocycles. The van der Waals surface area contributed by atoms with Crippen LogP contribution in [0.5, 0.6) is 0 Å². The van der Waals surface area contributed by atoms with E-state index in [2.05, 4.69) is 9.84 Å². The monoisotopic (exact) mass is 723 g/mol. The second kappa shape index (κ2) is 16.2. The molecule has 280 valence electrons. The zero-order chi connectivity index (χ0) is 35.8. The minimum absolute atomic E-state index is 0.286. The van der Waals surface area contributed by atoms with Gasteiger partial charge in [-0.2, -0.15) is 0 Å². The highest BCUT2D eigenvalue weighted by Crippen LogP contribution is 2.33. The molecule has 0 saturated carbocycles. The number of aliphatic hydroxyl groups is 12. The van der Waals surface area contributed by atoms with Gasteiger partial charge in [0.15, 0.2) is 18.9 Å². The van der Waals surface area contributed by atoms with Crippen molar-refractivity contribution in [1.82, 2.24) is 5.32 Å². The van der Waals surface area contributed by atoms with E-state index in [0.717, 1.165) is 6.08 Å². The maximum absolute atomic E-state index is 11.0. The minimum Gasteiger partial charge on any atom is -0.790 e. The van der Waals surface area contributed by atoms with Crippen LogP contribution in [-0.4, -0.2) is 198 Å². The third-order valence-corrected chi connectivity index (χ3v) is 9.13. The molecule has 3 aliphatic heterocycles. The highest BCUT2D eigenvalue weighted by molar-refractivity contribution is 7.43. The number of phosphoric ester groups is 1. The summed E-state index contributed by atoms with van der Waals surface area (Å²) in [5, 5.41) is 127. The topological polar surface area (TPSA) is 373 Å². The Kier molecular flexibility index (Phi) is 13.5. The standard InChI is InChI=1S/C25H44NO21P/c1-6-11(26-8-2-7(5-42-48(39,40)41)12(29)15(32)13(8)30)14(31)19(36)24(43-6)46-22-10(4-28)45-25(20(37)17(22)34)47-21-9(3-27)44-23(38)18(35)16(21)33/h2,6,8-38H,3-5H2,1H3,(H2,39,40,41)/p-2/t6-,8+,9-,10-,11-,12-,13+,14+,15+,16-,17-,18-,19-,20-,21-,22-,23?,24-,25-/m1/s1. The molecule has 3 saturated heterocycles. The van der Waals surface area contributed by atoms with Gasteiger partial charge < -0.3 is 109 Å². The average Bonchev–Trinajstić information content (AvgIpc) is 3.03. The van der Waals surface area contributed by atoms with Gasteiger partial charge in [0.1, 0.15) is 79.4 Å². The fourth-order valence-electron chi connectivity index (χ4n) is 5.95. The van der Waals surface area contributed by atoms with Crippen molar-refractivity contribution in [2.24, 2.45) is 0 Å². The fraction of sp³-hybridized carbons (Fsp3) is 0.920. The SMILES string of the molecule is C[C@H]1O[C@H](O[C@H]2[C@H](O)[C@@H](O)[C@@H](O[C@H]3[C@H](O)[C@@H](O)C(O)O[C@@H]3CO)O[C@@H]2CO)[C@H](O)[C@@H](O)[C@@H]1N[C@H]1C=C(COP(=O)([O-])[O-])[C@@H](O)[C@H](O)[C@H]1O. The number of phosphoric acid groups is 1. The Bertz CT molecular complexity index is 1130. The maximum Gasteiger partial charge on any atom is 0.187 e. The summed E-state index contributed by atoms with van der Waals surface area (Å²) in [6, 6.07) is -2.55. The van der Waals surface area contributed by atoms with Crippen LogP contribution in [-0.2, 0) is 32.8 Å². The van der Waals surface area contributed by atoms with Gasteiger partial charge in [-0.1, -0.05) is 6.08 Å². The third-order valence-electron chi connectivity index (χ3n) is 8.68. The van der Waals surface area contributed by atoms with E-state index in [1.165, 1.54) is 6.92 Å². The molecule has 0 amide bonds. The molecule has 0 bridgehead atoms. The molecule has 0 aromatic rings. The van der Waals surface area contributed by atoms with E-state index in [0.29, 0.717) is 0 Å². The summed E-state index contributed by atoms with van der Waals surface area (Å²) in [6.45, 7) is -1.24. The van der Waals surface area contributed by atoms with Crippen LogP contribution in [0, 0.1) is 0 Å². The van der Waals surface area contributed by atoms with Crippen LogP contribution >= 0.6 is 7.82 Å². The Hall–Kier alpha value is -0.870. The Morgan fingerprint density at radius 1 is 0.729 bits per heavy atom. The van der Waals surface area contributed by atoms with Crippen molar-refractivity contribution in [3.63, 3.8) is 0 Å². The van der Waals surface area contributed by atoms with Crippen LogP contribution in [0.3, 0.4) is 0 Å². The number of rotatable bonds is 11. The van der Waals surface area contributed by atoms with E-state index in [-0.39, 0.29) is 5.57 Å². The third kappa shape index (κ3) is 8.59. The van der Waals surface area contributed by atoms with E-state index >= 15 is 0 Å². The molecule has 19 atom stereocenters. The van der Waals surface area contributed by atoms with Crippen LogP contribution in [0.25, 0.3) is 0 Å². The highest BCUT2D eigenvalue weighted by Gasteiger charge is 2.53. The normalized spacial score (nSPS) is 49.1. The Balaban J connectivity index is 1.42. The summed E-state index contributed by atoms with van der Waals surface area (Å²) >= 11 is 0. The van der Waals surface area contributed by atoms with Crippen molar-refractivity contribution in [3.8, 4) is 0 Å². The molecule has 48 heavy (non-hydrogen) atoms. The van der Waals surface area contributed by atoms with Crippen LogP contribution in [0.4, 0.5) is 0 Å². The number of nitrogens with one attached hydrogen (secondary N) is 1. The van der Waals surface area contributed by atoms with Gasteiger partial charge in [0, 0.05) is 0 Å². The number of hydrogen-bond acceptors (Lipinski definition) is 22. The molecular formula is C25H42NO21P-2. The lowest BCUT2D eigenvalue weighted by Crippen LogP contribution is -2.68. The predicted molar refractivity (Wildman–Crippen MR) is 144 cm³/mol. The van der Waals surface area contributed by atoms with Gasteiger partial charge in [-0.3, -0.25) is 0 Å². The van der Waals surface area contributed by atoms with Crippen molar-refractivity contribution in [2.45, 2.75) is 123 Å². The van der Waals surface area contributed by atoms with Crippen molar-refractivity contribution < 1.29 is 104 Å². The van der Waals surface area contributed by atoms with E-state index < -0.39 is 144 Å². The fourth-order valence-corrected chi connectivity index (χ4v) is 6.26. The number of aliphatic hydroxyl groups excluding tert-OH is 12. The first kappa shape index (κ1) is 39.9. The second-order valence-electron chi connectivity index (χ2n) is 11.9. The summed E-state index contributed by atoms with van der Waals surface area (Å²) < 4.78 is 42.3. The van der Waals surface area contributed by atoms with Gasteiger partial charge in [-0.25, -0.2) is 0 Å². The quantitative estimate of drug-likeness (QED) is 0.0695. The number of ether oxygens (including phenoxy) is 5. The molecule has 23 heteroatoms. The molecule has 3 fully saturated rings. The molecule has 0 aromatic heterocycles. The number of hydrogen-bond donors (Lipinski definition) is 13. The van der Waals surface area contributed by atoms with Crippen molar-refractivity contribution in [3.05, 3.63) is 11.6 Å². The summed E-state index contributed by atoms with van der Waals surface area (Å²) in [5.41, 5.74) is -0.286. The Morgan fingerprint density at radius 2 is 1.25 bits per heavy atom. The summed E-state index contributed by atoms with van der Waals surface area (Å²) in [6.07, 6.45) is -28.4. The molecule has 4 aliphatic rings. The largest absolute Gasteiger partial charge is 0.790 e. The molecule has 4 rings (SSSR count). The van der Waals surface area contributed by atoms with Crippen LogP contribution in [0.15, 0.2) is 11.6 Å². The van der Waals surface area contributed by atoms with Crippen LogP contribution in [0.1, 0.15) is 6.92 Å². The lowest BCUT2D eigenvalue weighted by molar-refractivity contribution is -0.373. The van der Waals surface area contributed by atoms with Crippen molar-refractivity contribution in [1.29, 1.82) is 0 Å². The van der Waals surface area contributed by atoms with Gasteiger partial charge in [-0.15, -0.1) is 0 Å². The van der Waals surface area contributed by atoms with E-state index in [4.69, 9.17) is 23.7 Å². The van der Waals surface area contributed by atoms with Crippen LogP contribution in [0.2, 0.25) is 0 Å². The first-order valence-electron chi connectivity index (χ1n) is 14.8. The first-order chi connectivity index (χ1) is 22.4.